The Kier molecular flexibility index (Phi) is 6.35. The van der Waals surface area contributed by atoms with Crippen LogP contribution in [0.15, 0.2) is 48.5 Å². The number of aromatic nitrogens is 3. The molecule has 1 aromatic heterocycles. The van der Waals surface area contributed by atoms with E-state index in [1.165, 1.54) is 5.56 Å². The van der Waals surface area contributed by atoms with E-state index in [0.29, 0.717) is 23.0 Å². The fraction of sp³-hybridized carbons (Fsp3) is 0.304. The van der Waals surface area contributed by atoms with Crippen LogP contribution in [0.5, 0.6) is 0 Å². The Bertz CT molecular complexity index is 1120. The molecular formula is C23H24ClN5S. The van der Waals surface area contributed by atoms with Crippen molar-refractivity contribution in [3.05, 3.63) is 63.9 Å². The van der Waals surface area contributed by atoms with Crippen LogP contribution in [-0.4, -0.2) is 56.9 Å². The molecule has 1 aliphatic rings. The average Bonchev–Trinajstić information content (AvgIpc) is 3.06. The maximum atomic E-state index is 6.10. The Balaban J connectivity index is 1.69. The number of benzene rings is 2. The number of hydrogen-bond acceptors (Lipinski definition) is 4. The molecule has 4 rings (SSSR count). The summed E-state index contributed by atoms with van der Waals surface area (Å²) in [5.74, 6) is 3.54. The summed E-state index contributed by atoms with van der Waals surface area (Å²) in [7, 11) is 0. The highest BCUT2D eigenvalue weighted by Crippen LogP contribution is 2.25. The van der Waals surface area contributed by atoms with Gasteiger partial charge in [-0.1, -0.05) is 29.7 Å². The first kappa shape index (κ1) is 20.8. The Morgan fingerprint density at radius 1 is 1.07 bits per heavy atom. The van der Waals surface area contributed by atoms with Crippen LogP contribution >= 0.6 is 23.8 Å². The lowest BCUT2D eigenvalue weighted by Gasteiger charge is -2.33. The van der Waals surface area contributed by atoms with Crippen LogP contribution in [0.3, 0.4) is 0 Å². The van der Waals surface area contributed by atoms with Gasteiger partial charge in [-0.3, -0.25) is 14.4 Å². The van der Waals surface area contributed by atoms with Gasteiger partial charge < -0.3 is 0 Å². The number of aryl methyl sites for hydroxylation is 1. The van der Waals surface area contributed by atoms with Crippen molar-refractivity contribution < 1.29 is 0 Å². The lowest BCUT2D eigenvalue weighted by Crippen LogP contribution is -2.46. The molecule has 7 heteroatoms. The van der Waals surface area contributed by atoms with Crippen molar-refractivity contribution in [2.24, 2.45) is 0 Å². The summed E-state index contributed by atoms with van der Waals surface area (Å²) < 4.78 is 4.63. The molecule has 5 nitrogen and oxygen atoms in total. The normalized spacial score (nSPS) is 15.2. The van der Waals surface area contributed by atoms with Gasteiger partial charge in [-0.2, -0.15) is 0 Å². The molecule has 0 amide bonds. The number of piperazine rings is 1. The predicted molar refractivity (Wildman–Crippen MR) is 124 cm³/mol. The lowest BCUT2D eigenvalue weighted by molar-refractivity contribution is 0.111. The number of terminal acetylenes is 1. The maximum absolute atomic E-state index is 6.10. The molecule has 0 aliphatic carbocycles. The Morgan fingerprint density at radius 2 is 1.77 bits per heavy atom. The van der Waals surface area contributed by atoms with E-state index in [1.807, 2.05) is 39.6 Å². The zero-order chi connectivity index (χ0) is 21.1. The van der Waals surface area contributed by atoms with Gasteiger partial charge in [0.15, 0.2) is 5.82 Å². The molecule has 0 saturated carbocycles. The minimum absolute atomic E-state index is 0.655. The summed E-state index contributed by atoms with van der Waals surface area (Å²) in [6.45, 7) is 7.24. The molecule has 0 bridgehead atoms. The van der Waals surface area contributed by atoms with Crippen LogP contribution in [0.1, 0.15) is 5.56 Å². The number of nitrogens with zero attached hydrogens (tertiary/aromatic N) is 5. The second-order valence-corrected chi connectivity index (χ2v) is 8.33. The van der Waals surface area contributed by atoms with Crippen molar-refractivity contribution in [1.29, 1.82) is 0 Å². The zero-order valence-electron chi connectivity index (χ0n) is 17.0. The smallest absolute Gasteiger partial charge is 0.204 e. The molecule has 30 heavy (non-hydrogen) atoms. The van der Waals surface area contributed by atoms with Gasteiger partial charge in [-0.15, -0.1) is 11.5 Å². The van der Waals surface area contributed by atoms with Crippen molar-refractivity contribution in [1.82, 2.24) is 24.1 Å². The molecule has 1 saturated heterocycles. The SMILES string of the molecule is C#CCN1CCN(Cn2nc(-c3ccc(Cl)cc3)n(-c3cccc(C)c3)c2=S)CC1. The van der Waals surface area contributed by atoms with E-state index in [9.17, 15) is 0 Å². The van der Waals surface area contributed by atoms with Crippen LogP contribution in [0.4, 0.5) is 0 Å². The van der Waals surface area contributed by atoms with Crippen molar-refractivity contribution in [3.63, 3.8) is 0 Å². The molecule has 1 aliphatic heterocycles. The molecule has 1 fully saturated rings. The van der Waals surface area contributed by atoms with Gasteiger partial charge in [-0.05, 0) is 61.1 Å². The van der Waals surface area contributed by atoms with E-state index in [0.717, 1.165) is 43.3 Å². The largest absolute Gasteiger partial charge is 0.290 e. The Morgan fingerprint density at radius 3 is 2.43 bits per heavy atom. The molecule has 2 heterocycles. The highest BCUT2D eigenvalue weighted by atomic mass is 35.5. The van der Waals surface area contributed by atoms with Crippen LogP contribution in [0, 0.1) is 24.0 Å². The first-order valence-corrected chi connectivity index (χ1v) is 10.7. The average molecular weight is 438 g/mol. The molecular weight excluding hydrogens is 414 g/mol. The highest BCUT2D eigenvalue weighted by Gasteiger charge is 2.20. The quantitative estimate of drug-likeness (QED) is 0.441. The van der Waals surface area contributed by atoms with Gasteiger partial charge in [-0.25, -0.2) is 4.68 Å². The van der Waals surface area contributed by atoms with Gasteiger partial charge in [0, 0.05) is 36.8 Å². The van der Waals surface area contributed by atoms with E-state index < -0.39 is 0 Å². The lowest BCUT2D eigenvalue weighted by atomic mass is 10.2. The molecule has 0 atom stereocenters. The second kappa shape index (κ2) is 9.15. The third kappa shape index (κ3) is 4.50. The number of hydrogen-bond donors (Lipinski definition) is 0. The van der Waals surface area contributed by atoms with Crippen LogP contribution < -0.4 is 0 Å². The summed E-state index contributed by atoms with van der Waals surface area (Å²) in [6.07, 6.45) is 5.44. The van der Waals surface area contributed by atoms with E-state index in [1.54, 1.807) is 0 Å². The third-order valence-corrected chi connectivity index (χ3v) is 5.96. The maximum Gasteiger partial charge on any atom is 0.204 e. The van der Waals surface area contributed by atoms with Crippen LogP contribution in [-0.2, 0) is 6.67 Å². The summed E-state index contributed by atoms with van der Waals surface area (Å²) >= 11 is 12.0. The first-order chi connectivity index (χ1) is 14.5. The van der Waals surface area contributed by atoms with Crippen molar-refractivity contribution in [2.75, 3.05) is 32.7 Å². The van der Waals surface area contributed by atoms with Crippen LogP contribution in [0.2, 0.25) is 5.02 Å². The standard InChI is InChI=1S/C23H24ClN5S/c1-3-11-26-12-14-27(15-13-26)17-28-23(30)29(21-6-4-5-18(2)16-21)22(25-28)19-7-9-20(24)10-8-19/h1,4-10,16H,11-15,17H2,2H3. The Labute approximate surface area is 187 Å². The highest BCUT2D eigenvalue weighted by molar-refractivity contribution is 7.71. The van der Waals surface area contributed by atoms with E-state index in [4.69, 9.17) is 35.3 Å². The molecule has 2 aromatic carbocycles. The van der Waals surface area contributed by atoms with Gasteiger partial charge in [0.05, 0.1) is 18.9 Å². The fourth-order valence-electron chi connectivity index (χ4n) is 3.69. The van der Waals surface area contributed by atoms with Gasteiger partial charge in [0.2, 0.25) is 4.77 Å². The molecule has 0 spiro atoms. The first-order valence-electron chi connectivity index (χ1n) is 9.96. The number of halogens is 1. The topological polar surface area (TPSA) is 29.2 Å². The number of rotatable bonds is 5. The second-order valence-electron chi connectivity index (χ2n) is 7.53. The summed E-state index contributed by atoms with van der Waals surface area (Å²) in [6, 6.07) is 16.0. The molecule has 0 unspecified atom stereocenters. The van der Waals surface area contributed by atoms with Gasteiger partial charge >= 0.3 is 0 Å². The molecule has 0 N–H and O–H groups in total. The predicted octanol–water partition coefficient (Wildman–Crippen LogP) is 4.24. The summed E-state index contributed by atoms with van der Waals surface area (Å²) in [4.78, 5) is 4.66. The van der Waals surface area contributed by atoms with Gasteiger partial charge in [0.1, 0.15) is 0 Å². The summed E-state index contributed by atoms with van der Waals surface area (Å²) in [5, 5.41) is 5.61. The summed E-state index contributed by atoms with van der Waals surface area (Å²) in [5.41, 5.74) is 3.16. The molecule has 3 aromatic rings. The zero-order valence-corrected chi connectivity index (χ0v) is 18.5. The fourth-order valence-corrected chi connectivity index (χ4v) is 4.11. The van der Waals surface area contributed by atoms with Crippen molar-refractivity contribution >= 4 is 23.8 Å². The molecule has 154 valence electrons. The van der Waals surface area contributed by atoms with Crippen LogP contribution in [0.25, 0.3) is 17.1 Å². The third-order valence-electron chi connectivity index (χ3n) is 5.32. The van der Waals surface area contributed by atoms with E-state index >= 15 is 0 Å². The van der Waals surface area contributed by atoms with Crippen molar-refractivity contribution in [2.45, 2.75) is 13.6 Å². The van der Waals surface area contributed by atoms with E-state index in [2.05, 4.69) is 40.8 Å². The van der Waals surface area contributed by atoms with Crippen molar-refractivity contribution in [3.8, 4) is 29.4 Å². The minimum atomic E-state index is 0.655. The molecule has 0 radical (unpaired) electrons. The Hall–Kier alpha value is -2.43. The monoisotopic (exact) mass is 437 g/mol. The van der Waals surface area contributed by atoms with Gasteiger partial charge in [0.25, 0.3) is 0 Å². The minimum Gasteiger partial charge on any atom is -0.290 e. The van der Waals surface area contributed by atoms with E-state index in [-0.39, 0.29) is 0 Å².